The average molecular weight is 313 g/mol. The predicted molar refractivity (Wildman–Crippen MR) is 87.3 cm³/mol. The van der Waals surface area contributed by atoms with E-state index in [0.29, 0.717) is 5.69 Å². The summed E-state index contributed by atoms with van der Waals surface area (Å²) >= 11 is 0. The molecule has 3 rings (SSSR count). The van der Waals surface area contributed by atoms with Gasteiger partial charge in [-0.25, -0.2) is 4.39 Å². The topological polar surface area (TPSA) is 45.2 Å². The minimum Gasteiger partial charge on any atom is -0.326 e. The largest absolute Gasteiger partial charge is 0.326 e. The Morgan fingerprint density at radius 3 is 2.74 bits per heavy atom. The van der Waals surface area contributed by atoms with Crippen molar-refractivity contribution in [3.63, 3.8) is 0 Å². The fourth-order valence-corrected chi connectivity index (χ4v) is 2.88. The van der Waals surface area contributed by atoms with Crippen molar-refractivity contribution in [2.24, 2.45) is 5.92 Å². The van der Waals surface area contributed by atoms with Gasteiger partial charge < -0.3 is 5.32 Å². The Morgan fingerprint density at radius 1 is 1.22 bits per heavy atom. The monoisotopic (exact) mass is 313 g/mol. The summed E-state index contributed by atoms with van der Waals surface area (Å²) in [7, 11) is 0. The maximum Gasteiger partial charge on any atom is 0.227 e. The Balaban J connectivity index is 1.49. The zero-order valence-electron chi connectivity index (χ0n) is 12.9. The molecule has 0 bridgehead atoms. The van der Waals surface area contributed by atoms with Crippen molar-refractivity contribution in [2.75, 3.05) is 18.4 Å². The molecule has 2 aromatic rings. The molecule has 1 fully saturated rings. The van der Waals surface area contributed by atoms with E-state index in [4.69, 9.17) is 0 Å². The van der Waals surface area contributed by atoms with Crippen LogP contribution >= 0.6 is 0 Å². The number of piperidine rings is 1. The van der Waals surface area contributed by atoms with E-state index >= 15 is 0 Å². The van der Waals surface area contributed by atoms with Crippen LogP contribution in [0.25, 0.3) is 0 Å². The molecule has 0 saturated carbocycles. The standard InChI is InChI=1S/C18H20FN3O/c19-15-4-3-6-16(12-15)21-18(23)14-7-10-22(11-8-14)13-17-5-1-2-9-20-17/h1-6,9,12,14H,7-8,10-11,13H2,(H,21,23). The van der Waals surface area contributed by atoms with Crippen LogP contribution in [0.4, 0.5) is 10.1 Å². The Morgan fingerprint density at radius 2 is 2.04 bits per heavy atom. The Hall–Kier alpha value is -2.27. The molecule has 1 aliphatic heterocycles. The summed E-state index contributed by atoms with van der Waals surface area (Å²) in [6.07, 6.45) is 3.43. The maximum atomic E-state index is 13.2. The molecule has 5 heteroatoms. The van der Waals surface area contributed by atoms with Gasteiger partial charge >= 0.3 is 0 Å². The molecule has 120 valence electrons. The number of carbonyl (C=O) groups excluding carboxylic acids is 1. The zero-order chi connectivity index (χ0) is 16.1. The van der Waals surface area contributed by atoms with Gasteiger partial charge in [-0.2, -0.15) is 0 Å². The van der Waals surface area contributed by atoms with Gasteiger partial charge in [0.05, 0.1) is 5.69 Å². The van der Waals surface area contributed by atoms with Crippen LogP contribution in [0.1, 0.15) is 18.5 Å². The third-order valence-electron chi connectivity index (χ3n) is 4.16. The Bertz CT molecular complexity index is 654. The molecule has 1 aromatic heterocycles. The number of hydrogen-bond donors (Lipinski definition) is 1. The van der Waals surface area contributed by atoms with Gasteiger partial charge in [-0.3, -0.25) is 14.7 Å². The molecule has 1 saturated heterocycles. The van der Waals surface area contributed by atoms with Crippen molar-refractivity contribution in [3.05, 3.63) is 60.2 Å². The highest BCUT2D eigenvalue weighted by molar-refractivity contribution is 5.92. The maximum absolute atomic E-state index is 13.2. The first-order valence-corrected chi connectivity index (χ1v) is 7.89. The molecule has 0 unspecified atom stereocenters. The number of nitrogens with one attached hydrogen (secondary N) is 1. The van der Waals surface area contributed by atoms with E-state index in [-0.39, 0.29) is 17.6 Å². The Labute approximate surface area is 135 Å². The highest BCUT2D eigenvalue weighted by atomic mass is 19.1. The second-order valence-corrected chi connectivity index (χ2v) is 5.87. The lowest BCUT2D eigenvalue weighted by Crippen LogP contribution is -2.37. The summed E-state index contributed by atoms with van der Waals surface area (Å²) in [6.45, 7) is 2.56. The molecular formula is C18H20FN3O. The van der Waals surface area contributed by atoms with E-state index < -0.39 is 0 Å². The number of benzene rings is 1. The summed E-state index contributed by atoms with van der Waals surface area (Å²) in [5.74, 6) is -0.376. The molecule has 0 aliphatic carbocycles. The van der Waals surface area contributed by atoms with E-state index in [2.05, 4.69) is 15.2 Å². The van der Waals surface area contributed by atoms with Crippen LogP contribution in [0.2, 0.25) is 0 Å². The number of carbonyl (C=O) groups is 1. The number of hydrogen-bond acceptors (Lipinski definition) is 3. The number of pyridine rings is 1. The highest BCUT2D eigenvalue weighted by Crippen LogP contribution is 2.21. The number of aromatic nitrogens is 1. The third kappa shape index (κ3) is 4.36. The second-order valence-electron chi connectivity index (χ2n) is 5.87. The minimum atomic E-state index is -0.340. The predicted octanol–water partition coefficient (Wildman–Crippen LogP) is 3.07. The summed E-state index contributed by atoms with van der Waals surface area (Å²) < 4.78 is 13.2. The molecule has 1 aliphatic rings. The van der Waals surface area contributed by atoms with E-state index in [9.17, 15) is 9.18 Å². The van der Waals surface area contributed by atoms with Crippen LogP contribution in [0.15, 0.2) is 48.7 Å². The highest BCUT2D eigenvalue weighted by Gasteiger charge is 2.25. The van der Waals surface area contributed by atoms with Crippen molar-refractivity contribution < 1.29 is 9.18 Å². The lowest BCUT2D eigenvalue weighted by molar-refractivity contribution is -0.121. The fourth-order valence-electron chi connectivity index (χ4n) is 2.88. The quantitative estimate of drug-likeness (QED) is 0.943. The van der Waals surface area contributed by atoms with Crippen molar-refractivity contribution in [1.82, 2.24) is 9.88 Å². The van der Waals surface area contributed by atoms with Crippen molar-refractivity contribution in [2.45, 2.75) is 19.4 Å². The number of rotatable bonds is 4. The fraction of sp³-hybridized carbons (Fsp3) is 0.333. The van der Waals surface area contributed by atoms with E-state index in [1.807, 2.05) is 18.2 Å². The molecule has 1 aromatic carbocycles. The van der Waals surface area contributed by atoms with Gasteiger partial charge in [0.1, 0.15) is 5.82 Å². The van der Waals surface area contributed by atoms with Crippen molar-refractivity contribution >= 4 is 11.6 Å². The van der Waals surface area contributed by atoms with Crippen molar-refractivity contribution in [1.29, 1.82) is 0 Å². The molecule has 4 nitrogen and oxygen atoms in total. The van der Waals surface area contributed by atoms with Gasteiger partial charge in [0.2, 0.25) is 5.91 Å². The minimum absolute atomic E-state index is 0.0155. The van der Waals surface area contributed by atoms with Crippen LogP contribution < -0.4 is 5.32 Å². The molecule has 1 amide bonds. The van der Waals surface area contributed by atoms with Gasteiger partial charge in [-0.05, 0) is 56.3 Å². The first-order chi connectivity index (χ1) is 11.2. The van der Waals surface area contributed by atoms with Gasteiger partial charge in [0.25, 0.3) is 0 Å². The van der Waals surface area contributed by atoms with Gasteiger partial charge in [-0.1, -0.05) is 12.1 Å². The average Bonchev–Trinajstić information content (AvgIpc) is 2.56. The SMILES string of the molecule is O=C(Nc1cccc(F)c1)C1CCN(Cc2ccccn2)CC1. The summed E-state index contributed by atoms with van der Waals surface area (Å²) in [6, 6.07) is 11.9. The lowest BCUT2D eigenvalue weighted by Gasteiger charge is -2.31. The molecule has 1 N–H and O–H groups in total. The van der Waals surface area contributed by atoms with Crippen LogP contribution in [-0.2, 0) is 11.3 Å². The smallest absolute Gasteiger partial charge is 0.227 e. The number of anilines is 1. The van der Waals surface area contributed by atoms with E-state index in [0.717, 1.165) is 38.2 Å². The normalized spacial score (nSPS) is 16.2. The van der Waals surface area contributed by atoms with Crippen molar-refractivity contribution in [3.8, 4) is 0 Å². The van der Waals surface area contributed by atoms with Gasteiger partial charge in [0, 0.05) is 24.3 Å². The van der Waals surface area contributed by atoms with Gasteiger partial charge in [-0.15, -0.1) is 0 Å². The van der Waals surface area contributed by atoms with Crippen LogP contribution in [0, 0.1) is 11.7 Å². The molecule has 0 spiro atoms. The number of halogens is 1. The number of amides is 1. The number of likely N-dealkylation sites (tertiary alicyclic amines) is 1. The summed E-state index contributed by atoms with van der Waals surface area (Å²) in [5, 5.41) is 2.81. The van der Waals surface area contributed by atoms with E-state index in [1.165, 1.54) is 12.1 Å². The summed E-state index contributed by atoms with van der Waals surface area (Å²) in [4.78, 5) is 18.9. The van der Waals surface area contributed by atoms with Crippen LogP contribution in [0.3, 0.4) is 0 Å². The lowest BCUT2D eigenvalue weighted by atomic mass is 9.95. The molecule has 0 radical (unpaired) electrons. The van der Waals surface area contributed by atoms with E-state index in [1.54, 1.807) is 18.3 Å². The molecular weight excluding hydrogens is 293 g/mol. The first kappa shape index (κ1) is 15.6. The summed E-state index contributed by atoms with van der Waals surface area (Å²) in [5.41, 5.74) is 1.57. The first-order valence-electron chi connectivity index (χ1n) is 7.89. The second kappa shape index (κ2) is 7.33. The third-order valence-corrected chi connectivity index (χ3v) is 4.16. The van der Waals surface area contributed by atoms with Crippen LogP contribution in [0.5, 0.6) is 0 Å². The van der Waals surface area contributed by atoms with Crippen LogP contribution in [-0.4, -0.2) is 28.9 Å². The number of nitrogens with zero attached hydrogens (tertiary/aromatic N) is 2. The zero-order valence-corrected chi connectivity index (χ0v) is 12.9. The molecule has 0 atom stereocenters. The molecule has 2 heterocycles. The van der Waals surface area contributed by atoms with Gasteiger partial charge in [0.15, 0.2) is 0 Å². The molecule has 23 heavy (non-hydrogen) atoms. The Kier molecular flexibility index (Phi) is 4.98.